The molecule has 1 aromatic rings. The molecule has 104 valence electrons. The van der Waals surface area contributed by atoms with Gasteiger partial charge in [0.1, 0.15) is 11.6 Å². The van der Waals surface area contributed by atoms with Gasteiger partial charge in [-0.15, -0.1) is 11.6 Å². The quantitative estimate of drug-likeness (QED) is 0.848. The van der Waals surface area contributed by atoms with Crippen molar-refractivity contribution in [3.05, 3.63) is 34.9 Å². The molecule has 1 aromatic carbocycles. The predicted octanol–water partition coefficient (Wildman–Crippen LogP) is 3.41. The normalized spacial score (nSPS) is 22.5. The summed E-state index contributed by atoms with van der Waals surface area (Å²) in [5.74, 6) is -1.63. The van der Waals surface area contributed by atoms with E-state index in [1.807, 2.05) is 0 Å². The fourth-order valence-electron chi connectivity index (χ4n) is 2.36. The molecule has 2 atom stereocenters. The van der Waals surface area contributed by atoms with Crippen LogP contribution in [-0.2, 0) is 0 Å². The van der Waals surface area contributed by atoms with Gasteiger partial charge in [-0.25, -0.2) is 8.78 Å². The second kappa shape index (κ2) is 5.87. The van der Waals surface area contributed by atoms with E-state index < -0.39 is 17.5 Å². The summed E-state index contributed by atoms with van der Waals surface area (Å²) < 4.78 is 26.6. The molecule has 0 bridgehead atoms. The number of hydrogen-bond acceptors (Lipinski definition) is 1. The number of benzene rings is 1. The summed E-state index contributed by atoms with van der Waals surface area (Å²) in [7, 11) is 0. The Kier molecular flexibility index (Phi) is 4.40. The van der Waals surface area contributed by atoms with Crippen LogP contribution in [-0.4, -0.2) is 17.8 Å². The molecule has 19 heavy (non-hydrogen) atoms. The van der Waals surface area contributed by atoms with Gasteiger partial charge in [0.25, 0.3) is 5.91 Å². The second-order valence-electron chi connectivity index (χ2n) is 5.07. The average Bonchev–Trinajstić information content (AvgIpc) is 2.77. The lowest BCUT2D eigenvalue weighted by Gasteiger charge is -2.11. The minimum absolute atomic E-state index is 0.112. The van der Waals surface area contributed by atoms with Crippen LogP contribution in [0.5, 0.6) is 0 Å². The number of carbonyl (C=O) groups is 1. The Bertz CT molecular complexity index is 493. The molecule has 2 rings (SSSR count). The molecule has 0 saturated heterocycles. The number of halogens is 3. The van der Waals surface area contributed by atoms with Gasteiger partial charge in [-0.05, 0) is 43.7 Å². The Morgan fingerprint density at radius 1 is 1.37 bits per heavy atom. The summed E-state index contributed by atoms with van der Waals surface area (Å²) in [6.07, 6.45) is 2.79. The minimum atomic E-state index is -0.831. The molecule has 1 N–H and O–H groups in total. The van der Waals surface area contributed by atoms with Crippen LogP contribution in [0.15, 0.2) is 12.1 Å². The van der Waals surface area contributed by atoms with Crippen molar-refractivity contribution in [3.8, 4) is 0 Å². The Hall–Kier alpha value is -1.16. The van der Waals surface area contributed by atoms with E-state index in [0.29, 0.717) is 12.5 Å². The van der Waals surface area contributed by atoms with Gasteiger partial charge in [0, 0.05) is 18.0 Å². The fourth-order valence-corrected chi connectivity index (χ4v) is 2.74. The molecular formula is C14H16ClF2NO. The Morgan fingerprint density at radius 2 is 2.11 bits per heavy atom. The number of hydrogen-bond donors (Lipinski definition) is 1. The highest BCUT2D eigenvalue weighted by Gasteiger charge is 2.23. The largest absolute Gasteiger partial charge is 0.352 e. The maximum absolute atomic E-state index is 13.5. The first-order valence-electron chi connectivity index (χ1n) is 6.35. The SMILES string of the molecule is Cc1cc(C(=O)NCC2CCC(Cl)C2)c(F)cc1F. The van der Waals surface area contributed by atoms with E-state index in [0.717, 1.165) is 25.3 Å². The smallest absolute Gasteiger partial charge is 0.254 e. The monoisotopic (exact) mass is 287 g/mol. The molecule has 2 nitrogen and oxygen atoms in total. The first-order valence-corrected chi connectivity index (χ1v) is 6.79. The van der Waals surface area contributed by atoms with Gasteiger partial charge in [0.15, 0.2) is 0 Å². The molecule has 0 radical (unpaired) electrons. The minimum Gasteiger partial charge on any atom is -0.352 e. The van der Waals surface area contributed by atoms with Crippen LogP contribution in [0.1, 0.15) is 35.2 Å². The molecule has 1 fully saturated rings. The van der Waals surface area contributed by atoms with Crippen LogP contribution in [0.4, 0.5) is 8.78 Å². The van der Waals surface area contributed by atoms with Gasteiger partial charge >= 0.3 is 0 Å². The Labute approximate surface area is 116 Å². The summed E-state index contributed by atoms with van der Waals surface area (Å²) in [4.78, 5) is 11.9. The van der Waals surface area contributed by atoms with Crippen molar-refractivity contribution in [3.63, 3.8) is 0 Å². The third-order valence-electron chi connectivity index (χ3n) is 3.52. The molecule has 0 spiro atoms. The van der Waals surface area contributed by atoms with E-state index in [2.05, 4.69) is 5.32 Å². The van der Waals surface area contributed by atoms with Crippen molar-refractivity contribution in [2.45, 2.75) is 31.6 Å². The zero-order valence-electron chi connectivity index (χ0n) is 10.7. The number of aryl methyl sites for hydroxylation is 1. The van der Waals surface area contributed by atoms with Gasteiger partial charge in [-0.1, -0.05) is 0 Å². The lowest BCUT2D eigenvalue weighted by atomic mass is 10.1. The molecule has 0 aliphatic heterocycles. The molecule has 0 heterocycles. The van der Waals surface area contributed by atoms with Crippen molar-refractivity contribution >= 4 is 17.5 Å². The lowest BCUT2D eigenvalue weighted by molar-refractivity contribution is 0.0943. The highest BCUT2D eigenvalue weighted by Crippen LogP contribution is 2.28. The molecule has 5 heteroatoms. The van der Waals surface area contributed by atoms with Crippen LogP contribution in [0, 0.1) is 24.5 Å². The summed E-state index contributed by atoms with van der Waals surface area (Å²) in [5.41, 5.74) is 0.146. The summed E-state index contributed by atoms with van der Waals surface area (Å²) in [5, 5.41) is 2.86. The van der Waals surface area contributed by atoms with Gasteiger partial charge in [-0.2, -0.15) is 0 Å². The number of alkyl halides is 1. The number of nitrogens with one attached hydrogen (secondary N) is 1. The zero-order chi connectivity index (χ0) is 14.0. The lowest BCUT2D eigenvalue weighted by Crippen LogP contribution is -2.29. The number of amides is 1. The van der Waals surface area contributed by atoms with Crippen LogP contribution >= 0.6 is 11.6 Å². The predicted molar refractivity (Wildman–Crippen MR) is 70.4 cm³/mol. The molecular weight excluding hydrogens is 272 g/mol. The standard InChI is InChI=1S/C14H16ClF2NO/c1-8-4-11(13(17)6-12(8)16)14(19)18-7-9-2-3-10(15)5-9/h4,6,9-10H,2-3,5,7H2,1H3,(H,18,19). The molecule has 1 aliphatic carbocycles. The van der Waals surface area contributed by atoms with Crippen LogP contribution in [0.2, 0.25) is 0 Å². The van der Waals surface area contributed by atoms with Gasteiger partial charge in [0.05, 0.1) is 5.56 Å². The van der Waals surface area contributed by atoms with Crippen molar-refractivity contribution in [2.24, 2.45) is 5.92 Å². The summed E-state index contributed by atoms with van der Waals surface area (Å²) >= 11 is 5.99. The topological polar surface area (TPSA) is 29.1 Å². The Balaban J connectivity index is 1.98. The highest BCUT2D eigenvalue weighted by molar-refractivity contribution is 6.20. The maximum atomic E-state index is 13.5. The molecule has 0 aromatic heterocycles. The second-order valence-corrected chi connectivity index (χ2v) is 5.68. The van der Waals surface area contributed by atoms with Crippen molar-refractivity contribution in [2.75, 3.05) is 6.54 Å². The first kappa shape index (κ1) is 14.3. The highest BCUT2D eigenvalue weighted by atomic mass is 35.5. The third kappa shape index (κ3) is 3.44. The third-order valence-corrected chi connectivity index (χ3v) is 3.92. The van der Waals surface area contributed by atoms with Gasteiger partial charge in [0.2, 0.25) is 0 Å². The van der Waals surface area contributed by atoms with Crippen molar-refractivity contribution in [1.82, 2.24) is 5.32 Å². The van der Waals surface area contributed by atoms with Crippen LogP contribution < -0.4 is 5.32 Å². The molecule has 1 saturated carbocycles. The van der Waals surface area contributed by atoms with Gasteiger partial charge in [-0.3, -0.25) is 4.79 Å². The summed E-state index contributed by atoms with van der Waals surface area (Å²) in [6, 6.07) is 1.98. The fraction of sp³-hybridized carbons (Fsp3) is 0.500. The van der Waals surface area contributed by atoms with Crippen LogP contribution in [0.3, 0.4) is 0 Å². The maximum Gasteiger partial charge on any atom is 0.254 e. The van der Waals surface area contributed by atoms with Gasteiger partial charge < -0.3 is 5.32 Å². The first-order chi connectivity index (χ1) is 8.97. The molecule has 2 unspecified atom stereocenters. The average molecular weight is 288 g/mol. The number of carbonyl (C=O) groups excluding carboxylic acids is 1. The van der Waals surface area contributed by atoms with Crippen molar-refractivity contribution < 1.29 is 13.6 Å². The van der Waals surface area contributed by atoms with E-state index in [1.165, 1.54) is 13.0 Å². The zero-order valence-corrected chi connectivity index (χ0v) is 11.4. The van der Waals surface area contributed by atoms with E-state index in [4.69, 9.17) is 11.6 Å². The van der Waals surface area contributed by atoms with E-state index in [9.17, 15) is 13.6 Å². The molecule has 1 amide bonds. The molecule has 1 aliphatic rings. The summed E-state index contributed by atoms with van der Waals surface area (Å²) in [6.45, 7) is 1.98. The van der Waals surface area contributed by atoms with E-state index in [1.54, 1.807) is 0 Å². The number of rotatable bonds is 3. The van der Waals surface area contributed by atoms with Crippen molar-refractivity contribution in [1.29, 1.82) is 0 Å². The van der Waals surface area contributed by atoms with E-state index >= 15 is 0 Å². The van der Waals surface area contributed by atoms with Crippen LogP contribution in [0.25, 0.3) is 0 Å². The Morgan fingerprint density at radius 3 is 2.74 bits per heavy atom. The van der Waals surface area contributed by atoms with E-state index in [-0.39, 0.29) is 16.5 Å².